The number of nitrogens with zero attached hydrogens (tertiary/aromatic N) is 3. The quantitative estimate of drug-likeness (QED) is 0.743. The molecule has 0 unspecified atom stereocenters. The monoisotopic (exact) mass is 275 g/mol. The molecule has 108 valence electrons. The van der Waals surface area contributed by atoms with Gasteiger partial charge in [0.15, 0.2) is 11.5 Å². The van der Waals surface area contributed by atoms with Crippen molar-refractivity contribution in [1.29, 1.82) is 0 Å². The second-order valence-electron chi connectivity index (χ2n) is 4.45. The first-order chi connectivity index (χ1) is 9.83. The molecule has 0 fully saturated rings. The summed E-state index contributed by atoms with van der Waals surface area (Å²) < 4.78 is 13.2. The maximum absolute atomic E-state index is 5.63. The molecular formula is C15H21N3O2. The van der Waals surface area contributed by atoms with E-state index in [1.807, 2.05) is 24.5 Å². The molecule has 5 nitrogen and oxygen atoms in total. The summed E-state index contributed by atoms with van der Waals surface area (Å²) in [5.41, 5.74) is 1.25. The maximum atomic E-state index is 5.63. The van der Waals surface area contributed by atoms with Crippen molar-refractivity contribution in [3.05, 3.63) is 36.4 Å². The standard InChI is InChI=1S/C15H21N3O2/c1-3-19-14-8-7-13(10-15(14)20-4-2)6-5-9-18-11-16-17-12-18/h7-8,10-12H,3-6,9H2,1-2H3. The van der Waals surface area contributed by atoms with Gasteiger partial charge in [-0.1, -0.05) is 6.07 Å². The second-order valence-corrected chi connectivity index (χ2v) is 4.45. The van der Waals surface area contributed by atoms with Gasteiger partial charge in [-0.05, 0) is 44.4 Å². The number of aromatic nitrogens is 3. The minimum absolute atomic E-state index is 0.643. The Morgan fingerprint density at radius 2 is 1.70 bits per heavy atom. The number of ether oxygens (including phenoxy) is 2. The molecule has 0 N–H and O–H groups in total. The van der Waals surface area contributed by atoms with E-state index in [2.05, 4.69) is 22.3 Å². The average molecular weight is 275 g/mol. The van der Waals surface area contributed by atoms with Crippen LogP contribution in [0.4, 0.5) is 0 Å². The average Bonchev–Trinajstić information content (AvgIpc) is 2.95. The molecule has 1 aromatic heterocycles. The van der Waals surface area contributed by atoms with Gasteiger partial charge in [-0.3, -0.25) is 0 Å². The van der Waals surface area contributed by atoms with Crippen LogP contribution < -0.4 is 9.47 Å². The summed E-state index contributed by atoms with van der Waals surface area (Å²) in [6, 6.07) is 6.16. The molecule has 2 rings (SSSR count). The van der Waals surface area contributed by atoms with Gasteiger partial charge < -0.3 is 14.0 Å². The predicted molar refractivity (Wildman–Crippen MR) is 77.1 cm³/mol. The fourth-order valence-electron chi connectivity index (χ4n) is 2.05. The van der Waals surface area contributed by atoms with Crippen LogP contribution in [0.25, 0.3) is 0 Å². The van der Waals surface area contributed by atoms with E-state index < -0.39 is 0 Å². The van der Waals surface area contributed by atoms with E-state index in [1.165, 1.54) is 5.56 Å². The first-order valence-electron chi connectivity index (χ1n) is 7.04. The van der Waals surface area contributed by atoms with E-state index in [-0.39, 0.29) is 0 Å². The highest BCUT2D eigenvalue weighted by molar-refractivity contribution is 5.43. The van der Waals surface area contributed by atoms with Crippen LogP contribution in [0.3, 0.4) is 0 Å². The third kappa shape index (κ3) is 3.98. The predicted octanol–water partition coefficient (Wildman–Crippen LogP) is 2.71. The minimum atomic E-state index is 0.643. The Labute approximate surface area is 119 Å². The van der Waals surface area contributed by atoms with Gasteiger partial charge in [-0.25, -0.2) is 0 Å². The first-order valence-corrected chi connectivity index (χ1v) is 7.04. The zero-order valence-electron chi connectivity index (χ0n) is 12.1. The van der Waals surface area contributed by atoms with Crippen molar-refractivity contribution in [2.45, 2.75) is 33.2 Å². The summed E-state index contributed by atoms with van der Waals surface area (Å²) in [4.78, 5) is 0. The molecule has 0 radical (unpaired) electrons. The van der Waals surface area contributed by atoms with Crippen LogP contribution in [-0.2, 0) is 13.0 Å². The van der Waals surface area contributed by atoms with Gasteiger partial charge in [0.2, 0.25) is 0 Å². The topological polar surface area (TPSA) is 49.2 Å². The fraction of sp³-hybridized carbons (Fsp3) is 0.467. The zero-order valence-corrected chi connectivity index (χ0v) is 12.1. The molecule has 0 aliphatic heterocycles. The van der Waals surface area contributed by atoms with Crippen LogP contribution in [0, 0.1) is 0 Å². The van der Waals surface area contributed by atoms with Crippen LogP contribution in [0.1, 0.15) is 25.8 Å². The Kier molecular flexibility index (Phi) is 5.41. The van der Waals surface area contributed by atoms with E-state index in [1.54, 1.807) is 12.7 Å². The smallest absolute Gasteiger partial charge is 0.161 e. The molecule has 0 aliphatic rings. The SMILES string of the molecule is CCOc1ccc(CCCn2cnnc2)cc1OCC. The highest BCUT2D eigenvalue weighted by atomic mass is 16.5. The molecule has 0 saturated carbocycles. The van der Waals surface area contributed by atoms with Gasteiger partial charge in [-0.2, -0.15) is 0 Å². The van der Waals surface area contributed by atoms with E-state index in [9.17, 15) is 0 Å². The van der Waals surface area contributed by atoms with Crippen molar-refractivity contribution in [3.63, 3.8) is 0 Å². The van der Waals surface area contributed by atoms with Gasteiger partial charge in [0, 0.05) is 6.54 Å². The zero-order chi connectivity index (χ0) is 14.2. The van der Waals surface area contributed by atoms with E-state index in [0.29, 0.717) is 13.2 Å². The lowest BCUT2D eigenvalue weighted by Crippen LogP contribution is -2.00. The van der Waals surface area contributed by atoms with E-state index in [0.717, 1.165) is 30.9 Å². The van der Waals surface area contributed by atoms with Crippen molar-refractivity contribution in [2.75, 3.05) is 13.2 Å². The summed E-state index contributed by atoms with van der Waals surface area (Å²) in [5, 5.41) is 7.59. The summed E-state index contributed by atoms with van der Waals surface area (Å²) in [5.74, 6) is 1.65. The molecule has 2 aromatic rings. The molecular weight excluding hydrogens is 254 g/mol. The molecule has 5 heteroatoms. The second kappa shape index (κ2) is 7.53. The van der Waals surface area contributed by atoms with E-state index >= 15 is 0 Å². The fourth-order valence-corrected chi connectivity index (χ4v) is 2.05. The molecule has 0 atom stereocenters. The lowest BCUT2D eigenvalue weighted by atomic mass is 10.1. The molecule has 1 heterocycles. The van der Waals surface area contributed by atoms with E-state index in [4.69, 9.17) is 9.47 Å². The van der Waals surface area contributed by atoms with Crippen LogP contribution in [-0.4, -0.2) is 28.0 Å². The lowest BCUT2D eigenvalue weighted by Gasteiger charge is -2.12. The molecule has 0 bridgehead atoms. The highest BCUT2D eigenvalue weighted by Crippen LogP contribution is 2.29. The Balaban J connectivity index is 1.95. The van der Waals surface area contributed by atoms with Crippen molar-refractivity contribution in [2.24, 2.45) is 0 Å². The van der Waals surface area contributed by atoms with Crippen molar-refractivity contribution >= 4 is 0 Å². The summed E-state index contributed by atoms with van der Waals surface area (Å²) >= 11 is 0. The van der Waals surface area contributed by atoms with Gasteiger partial charge in [0.1, 0.15) is 12.7 Å². The Hall–Kier alpha value is -2.04. The number of rotatable bonds is 8. The van der Waals surface area contributed by atoms with Crippen LogP contribution in [0.15, 0.2) is 30.9 Å². The van der Waals surface area contributed by atoms with Gasteiger partial charge in [0.25, 0.3) is 0 Å². The van der Waals surface area contributed by atoms with Crippen LogP contribution >= 0.6 is 0 Å². The lowest BCUT2D eigenvalue weighted by molar-refractivity contribution is 0.287. The largest absolute Gasteiger partial charge is 0.490 e. The van der Waals surface area contributed by atoms with Crippen LogP contribution in [0.2, 0.25) is 0 Å². The van der Waals surface area contributed by atoms with Gasteiger partial charge >= 0.3 is 0 Å². The summed E-state index contributed by atoms with van der Waals surface area (Å²) in [7, 11) is 0. The molecule has 1 aromatic carbocycles. The molecule has 20 heavy (non-hydrogen) atoms. The number of hydrogen-bond donors (Lipinski definition) is 0. The van der Waals surface area contributed by atoms with Gasteiger partial charge in [-0.15, -0.1) is 10.2 Å². The van der Waals surface area contributed by atoms with Crippen molar-refractivity contribution in [3.8, 4) is 11.5 Å². The normalized spacial score (nSPS) is 10.5. The first kappa shape index (κ1) is 14.4. The highest BCUT2D eigenvalue weighted by Gasteiger charge is 2.06. The minimum Gasteiger partial charge on any atom is -0.490 e. The molecule has 0 amide bonds. The Bertz CT molecular complexity index is 512. The maximum Gasteiger partial charge on any atom is 0.161 e. The van der Waals surface area contributed by atoms with Crippen molar-refractivity contribution in [1.82, 2.24) is 14.8 Å². The third-order valence-corrected chi connectivity index (χ3v) is 2.96. The number of benzene rings is 1. The number of hydrogen-bond acceptors (Lipinski definition) is 4. The summed E-state index contributed by atoms with van der Waals surface area (Å²) in [6.07, 6.45) is 5.51. The number of aryl methyl sites for hydroxylation is 2. The van der Waals surface area contributed by atoms with Crippen LogP contribution in [0.5, 0.6) is 11.5 Å². The third-order valence-electron chi connectivity index (χ3n) is 2.96. The molecule has 0 saturated heterocycles. The summed E-state index contributed by atoms with van der Waals surface area (Å²) in [6.45, 7) is 6.17. The Morgan fingerprint density at radius 3 is 2.40 bits per heavy atom. The Morgan fingerprint density at radius 1 is 1.00 bits per heavy atom. The molecule has 0 aliphatic carbocycles. The van der Waals surface area contributed by atoms with Crippen molar-refractivity contribution < 1.29 is 9.47 Å². The molecule has 0 spiro atoms. The van der Waals surface area contributed by atoms with Gasteiger partial charge in [0.05, 0.1) is 13.2 Å².